The molecule has 162 valence electrons. The predicted octanol–water partition coefficient (Wildman–Crippen LogP) is 3.20. The van der Waals surface area contributed by atoms with Gasteiger partial charge in [0.2, 0.25) is 5.91 Å². The third-order valence-electron chi connectivity index (χ3n) is 5.29. The number of Topliss-reactive ketones (excluding diaryl/α,β-unsaturated/α-hetero) is 1. The van der Waals surface area contributed by atoms with Crippen LogP contribution in [0.25, 0.3) is 16.9 Å². The Morgan fingerprint density at radius 2 is 1.72 bits per heavy atom. The molecule has 1 amide bonds. The molecule has 8 nitrogen and oxygen atoms in total. The van der Waals surface area contributed by atoms with E-state index in [4.69, 9.17) is 0 Å². The van der Waals surface area contributed by atoms with E-state index in [1.165, 1.54) is 11.5 Å². The summed E-state index contributed by atoms with van der Waals surface area (Å²) >= 11 is 0. The van der Waals surface area contributed by atoms with E-state index in [-0.39, 0.29) is 30.1 Å². The van der Waals surface area contributed by atoms with Crippen molar-refractivity contribution in [3.63, 3.8) is 0 Å². The molecule has 0 atom stereocenters. The minimum Gasteiger partial charge on any atom is -0.326 e. The van der Waals surface area contributed by atoms with Crippen LogP contribution in [-0.2, 0) is 18.3 Å². The number of hydrogen-bond donors (Lipinski definition) is 1. The monoisotopic (exact) mass is 429 g/mol. The minimum atomic E-state index is -0.256. The Morgan fingerprint density at radius 1 is 1.03 bits per heavy atom. The van der Waals surface area contributed by atoms with E-state index in [0.717, 1.165) is 5.69 Å². The molecule has 0 aliphatic rings. The zero-order valence-corrected chi connectivity index (χ0v) is 18.1. The highest BCUT2D eigenvalue weighted by atomic mass is 16.2. The Morgan fingerprint density at radius 3 is 2.38 bits per heavy atom. The molecular weight excluding hydrogens is 406 g/mol. The smallest absolute Gasteiger partial charge is 0.273 e. The normalized spacial score (nSPS) is 11.0. The van der Waals surface area contributed by atoms with Gasteiger partial charge in [-0.25, -0.2) is 9.67 Å². The topological polar surface area (TPSA) is 98.9 Å². The molecule has 0 bridgehead atoms. The Balaban J connectivity index is 1.55. The number of aromatic nitrogens is 4. The van der Waals surface area contributed by atoms with Gasteiger partial charge in [0.05, 0.1) is 11.4 Å². The Bertz CT molecular complexity index is 1370. The maximum Gasteiger partial charge on any atom is 0.273 e. The van der Waals surface area contributed by atoms with Crippen LogP contribution in [0.3, 0.4) is 0 Å². The Labute approximate surface area is 184 Å². The number of anilines is 1. The molecule has 0 saturated heterocycles. The van der Waals surface area contributed by atoms with Crippen LogP contribution in [0, 0.1) is 6.92 Å². The average molecular weight is 429 g/mol. The van der Waals surface area contributed by atoms with Crippen molar-refractivity contribution in [3.8, 4) is 5.69 Å². The van der Waals surface area contributed by atoms with Crippen LogP contribution in [0.5, 0.6) is 0 Å². The van der Waals surface area contributed by atoms with Gasteiger partial charge in [-0.15, -0.1) is 0 Å². The molecule has 0 radical (unpaired) electrons. The number of carbonyl (C=O) groups excluding carboxylic acids is 2. The molecule has 1 N–H and O–H groups in total. The number of ketones is 1. The highest BCUT2D eigenvalue weighted by Gasteiger charge is 2.18. The number of hydrogen-bond acceptors (Lipinski definition) is 5. The minimum absolute atomic E-state index is 0.0360. The summed E-state index contributed by atoms with van der Waals surface area (Å²) in [5.74, 6) is -0.271. The summed E-state index contributed by atoms with van der Waals surface area (Å²) < 4.78 is 3.24. The van der Waals surface area contributed by atoms with Gasteiger partial charge in [0, 0.05) is 31.1 Å². The number of para-hydroxylation sites is 1. The quantitative estimate of drug-likeness (QED) is 0.475. The van der Waals surface area contributed by atoms with Gasteiger partial charge in [-0.1, -0.05) is 18.2 Å². The number of aryl methyl sites for hydroxylation is 3. The zero-order chi connectivity index (χ0) is 22.8. The molecule has 2 heterocycles. The molecule has 0 spiro atoms. The zero-order valence-electron chi connectivity index (χ0n) is 18.1. The van der Waals surface area contributed by atoms with Crippen LogP contribution in [0.1, 0.15) is 35.1 Å². The lowest BCUT2D eigenvalue weighted by molar-refractivity contribution is -0.116. The fourth-order valence-electron chi connectivity index (χ4n) is 3.57. The van der Waals surface area contributed by atoms with Gasteiger partial charge in [-0.05, 0) is 50.2 Å². The largest absolute Gasteiger partial charge is 0.326 e. The van der Waals surface area contributed by atoms with E-state index in [0.29, 0.717) is 33.8 Å². The molecule has 8 heteroatoms. The van der Waals surface area contributed by atoms with E-state index < -0.39 is 0 Å². The number of carbonyl (C=O) groups is 2. The van der Waals surface area contributed by atoms with Crippen molar-refractivity contribution >= 4 is 28.5 Å². The van der Waals surface area contributed by atoms with E-state index in [9.17, 15) is 14.4 Å². The van der Waals surface area contributed by atoms with Gasteiger partial charge in [-0.3, -0.25) is 19.0 Å². The second kappa shape index (κ2) is 8.58. The number of amides is 1. The first-order valence-corrected chi connectivity index (χ1v) is 10.3. The van der Waals surface area contributed by atoms with Crippen molar-refractivity contribution in [2.24, 2.45) is 7.05 Å². The number of rotatable bonds is 6. The summed E-state index contributed by atoms with van der Waals surface area (Å²) in [6.45, 7) is 3.34. The molecule has 4 aromatic rings. The third-order valence-corrected chi connectivity index (χ3v) is 5.29. The maximum absolute atomic E-state index is 12.9. The fourth-order valence-corrected chi connectivity index (χ4v) is 3.57. The van der Waals surface area contributed by atoms with Gasteiger partial charge in [0.25, 0.3) is 5.56 Å². The summed E-state index contributed by atoms with van der Waals surface area (Å²) in [6.07, 6.45) is 0.310. The number of nitrogens with zero attached hydrogens (tertiary/aromatic N) is 4. The highest BCUT2D eigenvalue weighted by molar-refractivity contribution is 5.95. The van der Waals surface area contributed by atoms with E-state index in [1.54, 1.807) is 36.0 Å². The lowest BCUT2D eigenvalue weighted by Gasteiger charge is -2.09. The molecule has 0 saturated carbocycles. The Kier molecular flexibility index (Phi) is 5.68. The van der Waals surface area contributed by atoms with Gasteiger partial charge >= 0.3 is 0 Å². The molecular formula is C24H23N5O3. The van der Waals surface area contributed by atoms with Crippen LogP contribution < -0.4 is 10.9 Å². The number of nitrogens with one attached hydrogen (secondary N) is 1. The molecule has 0 unspecified atom stereocenters. The summed E-state index contributed by atoms with van der Waals surface area (Å²) in [6, 6.07) is 16.2. The van der Waals surface area contributed by atoms with E-state index >= 15 is 0 Å². The first kappa shape index (κ1) is 21.2. The van der Waals surface area contributed by atoms with Crippen LogP contribution >= 0.6 is 0 Å². The van der Waals surface area contributed by atoms with Crippen LogP contribution in [0.4, 0.5) is 5.69 Å². The van der Waals surface area contributed by atoms with Gasteiger partial charge in [0.15, 0.2) is 11.4 Å². The van der Waals surface area contributed by atoms with Crippen molar-refractivity contribution in [1.29, 1.82) is 0 Å². The lowest BCUT2D eigenvalue weighted by Crippen LogP contribution is -2.25. The van der Waals surface area contributed by atoms with E-state index in [1.807, 2.05) is 37.3 Å². The second-order valence-electron chi connectivity index (χ2n) is 7.61. The predicted molar refractivity (Wildman–Crippen MR) is 122 cm³/mol. The first-order chi connectivity index (χ1) is 15.3. The van der Waals surface area contributed by atoms with Gasteiger partial charge in [0.1, 0.15) is 11.2 Å². The standard InChI is InChI=1S/C24H23N5O3/c1-15-22-23(29(27-15)19-7-5-4-6-8-19)28(3)24(32)20(26-22)13-14-21(31)25-18-11-9-17(10-12-18)16(2)30/h4-12H,13-14H2,1-3H3,(H,25,31). The SMILES string of the molecule is CC(=O)c1ccc(NC(=O)CCc2nc3c(C)nn(-c4ccccc4)c3n(C)c2=O)cc1. The van der Waals surface area contributed by atoms with Crippen LogP contribution in [0.2, 0.25) is 0 Å². The lowest BCUT2D eigenvalue weighted by atomic mass is 10.1. The number of benzene rings is 2. The summed E-state index contributed by atoms with van der Waals surface area (Å²) in [7, 11) is 1.69. The van der Waals surface area contributed by atoms with Crippen molar-refractivity contribution in [2.45, 2.75) is 26.7 Å². The van der Waals surface area contributed by atoms with Crippen molar-refractivity contribution in [3.05, 3.63) is 81.9 Å². The summed E-state index contributed by atoms with van der Waals surface area (Å²) in [4.78, 5) is 41.3. The van der Waals surface area contributed by atoms with E-state index in [2.05, 4.69) is 15.4 Å². The highest BCUT2D eigenvalue weighted by Crippen LogP contribution is 2.19. The van der Waals surface area contributed by atoms with Gasteiger partial charge < -0.3 is 5.32 Å². The third kappa shape index (κ3) is 4.07. The summed E-state index contributed by atoms with van der Waals surface area (Å²) in [5.41, 5.74) is 4.02. The molecule has 32 heavy (non-hydrogen) atoms. The molecule has 4 rings (SSSR count). The first-order valence-electron chi connectivity index (χ1n) is 10.3. The van der Waals surface area contributed by atoms with Crippen molar-refractivity contribution in [2.75, 3.05) is 5.32 Å². The molecule has 0 aliphatic carbocycles. The summed E-state index contributed by atoms with van der Waals surface area (Å²) in [5, 5.41) is 7.35. The molecule has 0 fully saturated rings. The Hall–Kier alpha value is -4.07. The van der Waals surface area contributed by atoms with Crippen molar-refractivity contribution < 1.29 is 9.59 Å². The average Bonchev–Trinajstić information content (AvgIpc) is 3.12. The van der Waals surface area contributed by atoms with Crippen LogP contribution in [-0.4, -0.2) is 31.0 Å². The maximum atomic E-state index is 12.9. The van der Waals surface area contributed by atoms with Gasteiger partial charge in [-0.2, -0.15) is 5.10 Å². The molecule has 2 aromatic heterocycles. The van der Waals surface area contributed by atoms with Crippen LogP contribution in [0.15, 0.2) is 59.4 Å². The van der Waals surface area contributed by atoms with Crippen molar-refractivity contribution in [1.82, 2.24) is 19.3 Å². The number of fused-ring (bicyclic) bond motifs is 1. The fraction of sp³-hybridized carbons (Fsp3) is 0.208. The second-order valence-corrected chi connectivity index (χ2v) is 7.61. The molecule has 2 aromatic carbocycles. The molecule has 0 aliphatic heterocycles.